The van der Waals surface area contributed by atoms with E-state index in [4.69, 9.17) is 0 Å². The third-order valence-electron chi connectivity index (χ3n) is 3.66. The van der Waals surface area contributed by atoms with E-state index in [-0.39, 0.29) is 5.69 Å². The predicted octanol–water partition coefficient (Wildman–Crippen LogP) is 2.62. The van der Waals surface area contributed by atoms with Gasteiger partial charge in [-0.05, 0) is 37.1 Å². The molecule has 0 spiro atoms. The van der Waals surface area contributed by atoms with Crippen LogP contribution in [0.4, 0.5) is 17.2 Å². The molecule has 118 valence electrons. The Labute approximate surface area is 129 Å². The summed E-state index contributed by atoms with van der Waals surface area (Å²) in [5.41, 5.74) is 3.81. The summed E-state index contributed by atoms with van der Waals surface area (Å²) in [5.74, 6) is 0.429. The molecule has 0 fully saturated rings. The van der Waals surface area contributed by atoms with Crippen LogP contribution in [-0.2, 0) is 13.6 Å². The highest BCUT2D eigenvalue weighted by Gasteiger charge is 2.23. The number of rotatable bonds is 5. The number of nitrogens with one attached hydrogen (secondary N) is 1. The summed E-state index contributed by atoms with van der Waals surface area (Å²) in [7, 11) is 5.69. The standard InChI is InChI=1S/C15H21N5O2/c1-10-8-13(18(3)4)7-6-12(10)9-16-15-14(20(21)22)11(2)17-19(15)5/h6-8,16H,9H2,1-5H3. The lowest BCUT2D eigenvalue weighted by Crippen LogP contribution is -2.10. The van der Waals surface area contributed by atoms with Gasteiger partial charge in [-0.1, -0.05) is 6.07 Å². The molecule has 0 saturated carbocycles. The van der Waals surface area contributed by atoms with Crippen molar-refractivity contribution in [3.05, 3.63) is 45.1 Å². The van der Waals surface area contributed by atoms with Gasteiger partial charge in [0.05, 0.1) is 4.92 Å². The molecule has 1 heterocycles. The van der Waals surface area contributed by atoms with Gasteiger partial charge in [-0.15, -0.1) is 0 Å². The maximum Gasteiger partial charge on any atom is 0.333 e. The van der Waals surface area contributed by atoms with Gasteiger partial charge in [0.2, 0.25) is 5.82 Å². The van der Waals surface area contributed by atoms with Gasteiger partial charge in [0, 0.05) is 33.4 Å². The van der Waals surface area contributed by atoms with Gasteiger partial charge in [-0.3, -0.25) is 10.1 Å². The molecule has 1 aromatic heterocycles. The SMILES string of the molecule is Cc1cc(N(C)C)ccc1CNc1c([N+](=O)[O-])c(C)nn1C. The second-order valence-corrected chi connectivity index (χ2v) is 5.52. The van der Waals surface area contributed by atoms with Gasteiger partial charge in [-0.2, -0.15) is 5.10 Å². The van der Waals surface area contributed by atoms with Crippen LogP contribution in [0.2, 0.25) is 0 Å². The third kappa shape index (κ3) is 3.03. The smallest absolute Gasteiger partial charge is 0.333 e. The zero-order chi connectivity index (χ0) is 16.4. The molecule has 1 N–H and O–H groups in total. The highest BCUT2D eigenvalue weighted by molar-refractivity contribution is 5.60. The van der Waals surface area contributed by atoms with Crippen LogP contribution < -0.4 is 10.2 Å². The van der Waals surface area contributed by atoms with Gasteiger partial charge < -0.3 is 10.2 Å². The van der Waals surface area contributed by atoms with Crippen LogP contribution in [0.25, 0.3) is 0 Å². The molecule has 0 amide bonds. The van der Waals surface area contributed by atoms with Crippen LogP contribution >= 0.6 is 0 Å². The topological polar surface area (TPSA) is 76.2 Å². The van der Waals surface area contributed by atoms with Crippen LogP contribution in [0.3, 0.4) is 0 Å². The number of aryl methyl sites for hydroxylation is 3. The first-order valence-corrected chi connectivity index (χ1v) is 7.00. The summed E-state index contributed by atoms with van der Waals surface area (Å²) in [6.45, 7) is 4.19. The lowest BCUT2D eigenvalue weighted by molar-refractivity contribution is -0.384. The Morgan fingerprint density at radius 2 is 2.05 bits per heavy atom. The molecule has 2 aromatic rings. The van der Waals surface area contributed by atoms with E-state index < -0.39 is 4.92 Å². The lowest BCUT2D eigenvalue weighted by Gasteiger charge is -2.15. The van der Waals surface area contributed by atoms with E-state index in [1.165, 1.54) is 4.68 Å². The van der Waals surface area contributed by atoms with E-state index in [1.54, 1.807) is 14.0 Å². The number of nitro groups is 1. The van der Waals surface area contributed by atoms with Gasteiger partial charge in [0.1, 0.15) is 5.69 Å². The Kier molecular flexibility index (Phi) is 4.35. The molecule has 0 aliphatic carbocycles. The summed E-state index contributed by atoms with van der Waals surface area (Å²) in [6, 6.07) is 6.17. The first-order valence-electron chi connectivity index (χ1n) is 7.00. The predicted molar refractivity (Wildman–Crippen MR) is 87.4 cm³/mol. The minimum Gasteiger partial charge on any atom is -0.378 e. The quantitative estimate of drug-likeness (QED) is 0.678. The van der Waals surface area contributed by atoms with E-state index in [2.05, 4.69) is 16.5 Å². The van der Waals surface area contributed by atoms with E-state index in [9.17, 15) is 10.1 Å². The molecule has 22 heavy (non-hydrogen) atoms. The van der Waals surface area contributed by atoms with E-state index in [0.29, 0.717) is 18.1 Å². The van der Waals surface area contributed by atoms with E-state index in [0.717, 1.165) is 16.8 Å². The van der Waals surface area contributed by atoms with Crippen LogP contribution in [-0.4, -0.2) is 28.8 Å². The van der Waals surface area contributed by atoms with Crippen LogP contribution in [0.15, 0.2) is 18.2 Å². The minimum absolute atomic E-state index is 0.0325. The largest absolute Gasteiger partial charge is 0.378 e. The molecule has 0 unspecified atom stereocenters. The minimum atomic E-state index is -0.396. The zero-order valence-corrected chi connectivity index (χ0v) is 13.5. The Morgan fingerprint density at radius 1 is 1.36 bits per heavy atom. The first kappa shape index (κ1) is 15.8. The van der Waals surface area contributed by atoms with Crippen molar-refractivity contribution >= 4 is 17.2 Å². The van der Waals surface area contributed by atoms with Gasteiger partial charge in [0.15, 0.2) is 0 Å². The van der Waals surface area contributed by atoms with Crippen LogP contribution in [0.5, 0.6) is 0 Å². The van der Waals surface area contributed by atoms with Crippen LogP contribution in [0, 0.1) is 24.0 Å². The zero-order valence-electron chi connectivity index (χ0n) is 13.5. The molecule has 0 aliphatic heterocycles. The molecule has 2 rings (SSSR count). The van der Waals surface area contributed by atoms with Crippen molar-refractivity contribution in [2.24, 2.45) is 7.05 Å². The molecular formula is C15H21N5O2. The molecule has 7 nitrogen and oxygen atoms in total. The number of aromatic nitrogens is 2. The van der Waals surface area contributed by atoms with Crippen molar-refractivity contribution in [1.29, 1.82) is 0 Å². The normalized spacial score (nSPS) is 10.6. The molecule has 0 bridgehead atoms. The second-order valence-electron chi connectivity index (χ2n) is 5.52. The van der Waals surface area contributed by atoms with Crippen molar-refractivity contribution in [3.8, 4) is 0 Å². The number of nitrogens with zero attached hydrogens (tertiary/aromatic N) is 4. The van der Waals surface area contributed by atoms with Gasteiger partial charge in [0.25, 0.3) is 0 Å². The summed E-state index contributed by atoms with van der Waals surface area (Å²) in [6.07, 6.45) is 0. The maximum atomic E-state index is 11.2. The maximum absolute atomic E-state index is 11.2. The summed E-state index contributed by atoms with van der Waals surface area (Å²) in [5, 5.41) is 18.4. The van der Waals surface area contributed by atoms with E-state index in [1.807, 2.05) is 38.1 Å². The summed E-state index contributed by atoms with van der Waals surface area (Å²) >= 11 is 0. The lowest BCUT2D eigenvalue weighted by atomic mass is 10.1. The number of benzene rings is 1. The molecular weight excluding hydrogens is 282 g/mol. The van der Waals surface area contributed by atoms with Crippen molar-refractivity contribution in [2.75, 3.05) is 24.3 Å². The molecule has 1 aromatic carbocycles. The highest BCUT2D eigenvalue weighted by atomic mass is 16.6. The monoisotopic (exact) mass is 303 g/mol. The number of anilines is 2. The van der Waals surface area contributed by atoms with Crippen molar-refractivity contribution in [3.63, 3.8) is 0 Å². The number of hydrogen-bond donors (Lipinski definition) is 1. The summed E-state index contributed by atoms with van der Waals surface area (Å²) < 4.78 is 1.51. The fourth-order valence-electron chi connectivity index (χ4n) is 2.40. The summed E-state index contributed by atoms with van der Waals surface area (Å²) in [4.78, 5) is 12.8. The Morgan fingerprint density at radius 3 is 2.59 bits per heavy atom. The Bertz CT molecular complexity index is 706. The molecule has 0 saturated heterocycles. The van der Waals surface area contributed by atoms with Crippen molar-refractivity contribution in [1.82, 2.24) is 9.78 Å². The van der Waals surface area contributed by atoms with E-state index >= 15 is 0 Å². The third-order valence-corrected chi connectivity index (χ3v) is 3.66. The highest BCUT2D eigenvalue weighted by Crippen LogP contribution is 2.28. The van der Waals surface area contributed by atoms with Gasteiger partial charge >= 0.3 is 5.69 Å². The Hall–Kier alpha value is -2.57. The molecule has 0 radical (unpaired) electrons. The van der Waals surface area contributed by atoms with Crippen molar-refractivity contribution in [2.45, 2.75) is 20.4 Å². The first-order chi connectivity index (χ1) is 10.3. The fraction of sp³-hybridized carbons (Fsp3) is 0.400. The average Bonchev–Trinajstić information content (AvgIpc) is 2.71. The van der Waals surface area contributed by atoms with Crippen LogP contribution in [0.1, 0.15) is 16.8 Å². The average molecular weight is 303 g/mol. The molecule has 0 aliphatic rings. The van der Waals surface area contributed by atoms with Gasteiger partial charge in [-0.25, -0.2) is 4.68 Å². The fourth-order valence-corrected chi connectivity index (χ4v) is 2.40. The Balaban J connectivity index is 2.22. The molecule has 0 atom stereocenters. The second kappa shape index (κ2) is 6.05. The molecule has 7 heteroatoms. The number of hydrogen-bond acceptors (Lipinski definition) is 5. The van der Waals surface area contributed by atoms with Crippen molar-refractivity contribution < 1.29 is 4.92 Å².